The van der Waals surface area contributed by atoms with E-state index in [0.29, 0.717) is 24.0 Å². The molecule has 0 unspecified atom stereocenters. The lowest BCUT2D eigenvalue weighted by atomic mass is 10.1. The molecule has 2 aromatic rings. The number of rotatable bonds is 14. The molecule has 0 atom stereocenters. The van der Waals surface area contributed by atoms with E-state index >= 15 is 0 Å². The molecular formula is C30H40O8. The maximum Gasteiger partial charge on any atom is 0.386 e. The number of hydrogen-bond acceptors (Lipinski definition) is 8. The Balaban J connectivity index is 0.000000381. The Hall–Kier alpha value is -3.68. The molecule has 8 nitrogen and oxygen atoms in total. The van der Waals surface area contributed by atoms with Crippen LogP contribution in [0, 0.1) is 0 Å². The number of unbranched alkanes of at least 4 members (excludes halogenated alkanes) is 8. The summed E-state index contributed by atoms with van der Waals surface area (Å²) in [7, 11) is 0. The molecule has 8 heteroatoms. The van der Waals surface area contributed by atoms with Crippen molar-refractivity contribution in [3.05, 3.63) is 71.8 Å². The number of carbonyl (C=O) groups excluding carboxylic acids is 4. The monoisotopic (exact) mass is 528 g/mol. The Morgan fingerprint density at radius 2 is 0.816 bits per heavy atom. The molecule has 0 amide bonds. The molecule has 0 aromatic heterocycles. The first-order chi connectivity index (χ1) is 18.5. The summed E-state index contributed by atoms with van der Waals surface area (Å²) < 4.78 is 0. The highest BCUT2D eigenvalue weighted by molar-refractivity contribution is 5.92. The Kier molecular flexibility index (Phi) is 18.2. The van der Waals surface area contributed by atoms with Crippen LogP contribution in [0.5, 0.6) is 0 Å². The Labute approximate surface area is 225 Å². The molecule has 0 heterocycles. The second-order valence-corrected chi connectivity index (χ2v) is 8.71. The molecule has 0 saturated heterocycles. The van der Waals surface area contributed by atoms with Crippen LogP contribution >= 0.6 is 0 Å². The molecule has 0 aliphatic carbocycles. The van der Waals surface area contributed by atoms with Gasteiger partial charge in [0.1, 0.15) is 0 Å². The molecule has 2 aromatic carbocycles. The van der Waals surface area contributed by atoms with E-state index in [-0.39, 0.29) is 0 Å². The van der Waals surface area contributed by atoms with Gasteiger partial charge in [-0.15, -0.1) is 0 Å². The van der Waals surface area contributed by atoms with Crippen molar-refractivity contribution in [3.8, 4) is 0 Å². The van der Waals surface area contributed by atoms with Gasteiger partial charge in [0.2, 0.25) is 0 Å². The van der Waals surface area contributed by atoms with Crippen molar-refractivity contribution in [2.75, 3.05) is 0 Å². The first-order valence-corrected chi connectivity index (χ1v) is 13.4. The highest BCUT2D eigenvalue weighted by Crippen LogP contribution is 2.08. The van der Waals surface area contributed by atoms with E-state index in [1.54, 1.807) is 60.7 Å². The minimum Gasteiger partial charge on any atom is -0.247 e. The summed E-state index contributed by atoms with van der Waals surface area (Å²) >= 11 is 0. The molecule has 2 rings (SSSR count). The molecule has 0 spiro atoms. The van der Waals surface area contributed by atoms with Gasteiger partial charge in [0.05, 0.1) is 24.0 Å². The van der Waals surface area contributed by atoms with Gasteiger partial charge in [0, 0.05) is 0 Å². The lowest BCUT2D eigenvalue weighted by Gasteiger charge is -2.03. The van der Waals surface area contributed by atoms with Crippen LogP contribution in [0.4, 0.5) is 0 Å². The van der Waals surface area contributed by atoms with Crippen LogP contribution in [0.15, 0.2) is 60.7 Å². The van der Waals surface area contributed by atoms with Crippen molar-refractivity contribution in [1.29, 1.82) is 0 Å². The van der Waals surface area contributed by atoms with Crippen LogP contribution in [-0.4, -0.2) is 23.9 Å². The highest BCUT2D eigenvalue weighted by atomic mass is 17.2. The quantitative estimate of drug-likeness (QED) is 0.143. The van der Waals surface area contributed by atoms with Gasteiger partial charge in [0.15, 0.2) is 0 Å². The van der Waals surface area contributed by atoms with Crippen LogP contribution in [-0.2, 0) is 29.1 Å². The van der Waals surface area contributed by atoms with Gasteiger partial charge >= 0.3 is 23.9 Å². The number of hydrogen-bond donors (Lipinski definition) is 0. The Morgan fingerprint density at radius 3 is 1.16 bits per heavy atom. The standard InChI is InChI=1S/C16H30O4.C14H10O4/c1-3-5-7-9-11-13-15(17)19-20-16(18)14-12-10-8-6-4-2;15-13(11-7-3-1-4-8-11)17-18-14(16)12-9-5-2-6-10-12/h3-14H2,1-2H3;1-10H. The largest absolute Gasteiger partial charge is 0.386 e. The summed E-state index contributed by atoms with van der Waals surface area (Å²) in [6.07, 6.45) is 11.3. The maximum atomic E-state index is 11.5. The maximum absolute atomic E-state index is 11.5. The van der Waals surface area contributed by atoms with E-state index in [1.807, 2.05) is 0 Å². The van der Waals surface area contributed by atoms with Gasteiger partial charge in [-0.05, 0) is 37.1 Å². The first kappa shape index (κ1) is 32.3. The minimum atomic E-state index is -0.708. The van der Waals surface area contributed by atoms with Crippen molar-refractivity contribution in [2.45, 2.75) is 90.9 Å². The molecule has 0 radical (unpaired) electrons. The van der Waals surface area contributed by atoms with Crippen molar-refractivity contribution in [3.63, 3.8) is 0 Å². The predicted molar refractivity (Wildman–Crippen MR) is 143 cm³/mol. The zero-order valence-corrected chi connectivity index (χ0v) is 22.5. The van der Waals surface area contributed by atoms with Gasteiger partial charge < -0.3 is 0 Å². The Bertz CT molecular complexity index is 850. The first-order valence-electron chi connectivity index (χ1n) is 13.4. The number of carbonyl (C=O) groups is 4. The van der Waals surface area contributed by atoms with E-state index in [4.69, 9.17) is 0 Å². The van der Waals surface area contributed by atoms with E-state index in [9.17, 15) is 19.2 Å². The molecule has 0 fully saturated rings. The van der Waals surface area contributed by atoms with E-state index < -0.39 is 23.9 Å². The van der Waals surface area contributed by atoms with E-state index in [2.05, 4.69) is 33.4 Å². The average Bonchev–Trinajstić information content (AvgIpc) is 2.95. The fraction of sp³-hybridized carbons (Fsp3) is 0.467. The van der Waals surface area contributed by atoms with Gasteiger partial charge in [0.25, 0.3) is 0 Å². The lowest BCUT2D eigenvalue weighted by Crippen LogP contribution is -2.11. The summed E-state index contributed by atoms with van der Waals surface area (Å²) in [5, 5.41) is 0. The van der Waals surface area contributed by atoms with E-state index in [0.717, 1.165) is 38.5 Å². The van der Waals surface area contributed by atoms with Gasteiger partial charge in [-0.1, -0.05) is 102 Å². The molecule has 208 valence electrons. The fourth-order valence-electron chi connectivity index (χ4n) is 3.24. The van der Waals surface area contributed by atoms with Gasteiger partial charge in [-0.2, -0.15) is 0 Å². The smallest absolute Gasteiger partial charge is 0.247 e. The second kappa shape index (κ2) is 21.4. The van der Waals surface area contributed by atoms with Crippen molar-refractivity contribution in [2.24, 2.45) is 0 Å². The van der Waals surface area contributed by atoms with Crippen molar-refractivity contribution >= 4 is 23.9 Å². The van der Waals surface area contributed by atoms with Crippen LogP contribution in [0.3, 0.4) is 0 Å². The molecule has 0 bridgehead atoms. The highest BCUT2D eigenvalue weighted by Gasteiger charge is 2.13. The SMILES string of the molecule is CCCCCCCC(=O)OOC(=O)CCCCCCC.O=C(OOC(=O)c1ccccc1)c1ccccc1. The van der Waals surface area contributed by atoms with Crippen LogP contribution in [0.1, 0.15) is 112 Å². The topological polar surface area (TPSA) is 105 Å². The fourth-order valence-corrected chi connectivity index (χ4v) is 3.24. The second-order valence-electron chi connectivity index (χ2n) is 8.71. The molecule has 0 aliphatic heterocycles. The third-order valence-electron chi connectivity index (χ3n) is 5.41. The third kappa shape index (κ3) is 16.1. The summed E-state index contributed by atoms with van der Waals surface area (Å²) in [4.78, 5) is 63.5. The normalized spacial score (nSPS) is 9.95. The van der Waals surface area contributed by atoms with Crippen molar-refractivity contribution < 1.29 is 38.7 Å². The Morgan fingerprint density at radius 1 is 0.474 bits per heavy atom. The summed E-state index contributed by atoms with van der Waals surface area (Å²) in [5.41, 5.74) is 0.636. The van der Waals surface area contributed by atoms with E-state index in [1.165, 1.54) is 25.7 Å². The third-order valence-corrected chi connectivity index (χ3v) is 5.41. The predicted octanol–water partition coefficient (Wildman–Crippen LogP) is 7.32. The summed E-state index contributed by atoms with van der Waals surface area (Å²) in [6, 6.07) is 16.6. The average molecular weight is 529 g/mol. The van der Waals surface area contributed by atoms with Crippen LogP contribution in [0.2, 0.25) is 0 Å². The lowest BCUT2D eigenvalue weighted by molar-refractivity contribution is -0.259. The summed E-state index contributed by atoms with van der Waals surface area (Å²) in [6.45, 7) is 4.30. The van der Waals surface area contributed by atoms with Crippen molar-refractivity contribution in [1.82, 2.24) is 0 Å². The van der Waals surface area contributed by atoms with Crippen LogP contribution in [0.25, 0.3) is 0 Å². The van der Waals surface area contributed by atoms with Crippen LogP contribution < -0.4 is 0 Å². The zero-order chi connectivity index (χ0) is 27.8. The number of benzene rings is 2. The molecule has 0 aliphatic rings. The van der Waals surface area contributed by atoms with Gasteiger partial charge in [-0.3, -0.25) is 0 Å². The molecule has 0 saturated carbocycles. The van der Waals surface area contributed by atoms with Gasteiger partial charge in [-0.25, -0.2) is 38.7 Å². The summed E-state index contributed by atoms with van der Waals surface area (Å²) in [5.74, 6) is -2.30. The minimum absolute atomic E-state index is 0.318. The molecular weight excluding hydrogens is 488 g/mol. The zero-order valence-electron chi connectivity index (χ0n) is 22.5. The molecule has 38 heavy (non-hydrogen) atoms. The molecule has 0 N–H and O–H groups in total.